The molecule has 4 fully saturated rings. The minimum absolute atomic E-state index is 0.00685. The number of hydrogen-bond donors (Lipinski definition) is 15. The van der Waals surface area contributed by atoms with Gasteiger partial charge < -0.3 is 135 Å². The minimum atomic E-state index is -2.37. The van der Waals surface area contributed by atoms with Gasteiger partial charge >= 0.3 is 12.1 Å². The Kier molecular flexibility index (Phi) is 50.0. The molecule has 8 aliphatic rings. The number of unbranched alkanes of at least 4 members (excludes halogenated alkanes) is 1. The molecule has 0 spiro atoms. The number of rotatable bonds is 68. The van der Waals surface area contributed by atoms with Gasteiger partial charge in [0.25, 0.3) is 0 Å². The number of hydrogen-bond acceptors (Lipinski definition) is 32. The number of nitrogens with zero attached hydrogens (tertiary/aromatic N) is 2. The van der Waals surface area contributed by atoms with Gasteiger partial charge in [-0.05, 0) is 175 Å². The van der Waals surface area contributed by atoms with Crippen molar-refractivity contribution in [2.24, 2.45) is 46.1 Å². The lowest BCUT2D eigenvalue weighted by Crippen LogP contribution is -2.71. The van der Waals surface area contributed by atoms with Crippen LogP contribution in [0.25, 0.3) is 0 Å². The highest BCUT2D eigenvalue weighted by Gasteiger charge is 2.80. The van der Waals surface area contributed by atoms with Gasteiger partial charge in [-0.15, -0.1) is 5.53 Å². The van der Waals surface area contributed by atoms with Crippen molar-refractivity contribution in [1.29, 1.82) is 0 Å². The van der Waals surface area contributed by atoms with E-state index < -0.39 is 142 Å². The van der Waals surface area contributed by atoms with Crippen LogP contribution in [-0.4, -0.2) is 333 Å². The molecule has 2 aromatic carbocycles. The highest BCUT2D eigenvalue weighted by molar-refractivity contribution is 6.02. The number of nitrogens with two attached hydrogens (primary N) is 2. The first kappa shape index (κ1) is 121. The molecule has 10 rings (SSSR count). The lowest BCUT2D eigenvalue weighted by molar-refractivity contribution is -0.869. The second-order valence-corrected chi connectivity index (χ2v) is 40.9. The van der Waals surface area contributed by atoms with Crippen LogP contribution in [0.15, 0.2) is 95.1 Å². The van der Waals surface area contributed by atoms with Crippen LogP contribution in [0.2, 0.25) is 0 Å². The second kappa shape index (κ2) is 61.6. The Labute approximate surface area is 873 Å². The summed E-state index contributed by atoms with van der Waals surface area (Å²) in [5.41, 5.74) is 12.4. The number of carbonyl (C=O) groups excluding carboxylic acids is 11. The number of fused-ring (bicyclic) bond motifs is 7. The van der Waals surface area contributed by atoms with E-state index in [2.05, 4.69) is 85.4 Å². The molecule has 2 heterocycles. The molecule has 0 bridgehead atoms. The summed E-state index contributed by atoms with van der Waals surface area (Å²) in [7, 11) is 8.16. The van der Waals surface area contributed by atoms with Crippen molar-refractivity contribution in [3.8, 4) is 5.75 Å². The van der Waals surface area contributed by atoms with E-state index in [4.69, 9.17) is 77.9 Å². The maximum atomic E-state index is 18.1. The summed E-state index contributed by atoms with van der Waals surface area (Å²) in [5, 5.41) is 39.9. The van der Waals surface area contributed by atoms with Gasteiger partial charge in [-0.2, -0.15) is 0 Å². The highest BCUT2D eigenvalue weighted by atomic mass is 19.1. The van der Waals surface area contributed by atoms with Crippen LogP contribution in [-0.2, 0) is 111 Å². The fraction of sp³-hybridized carbons (Fsp3) is 0.705. The molecule has 2 aromatic rings. The van der Waals surface area contributed by atoms with Gasteiger partial charge in [0.1, 0.15) is 56.6 Å². The van der Waals surface area contributed by atoms with Crippen molar-refractivity contribution in [1.82, 2.24) is 58.6 Å². The van der Waals surface area contributed by atoms with E-state index in [9.17, 15) is 57.8 Å². The van der Waals surface area contributed by atoms with Crippen LogP contribution >= 0.6 is 0 Å². The maximum Gasteiger partial charge on any atom is 0.411 e. The molecule has 42 nitrogen and oxygen atoms in total. The first-order valence-corrected chi connectivity index (χ1v) is 53.0. The molecule has 834 valence electrons. The smallest absolute Gasteiger partial charge is 0.411 e. The normalized spacial score (nSPS) is 24.1. The van der Waals surface area contributed by atoms with Crippen LogP contribution in [0.4, 0.5) is 29.7 Å². The molecule has 9 amide bonds. The molecule has 2 aliphatic heterocycles. The van der Waals surface area contributed by atoms with E-state index in [-0.39, 0.29) is 159 Å². The van der Waals surface area contributed by atoms with Gasteiger partial charge in [0.05, 0.1) is 175 Å². The number of allylic oxidation sites excluding steroid dienone is 6. The first-order valence-electron chi connectivity index (χ1n) is 53.0. The van der Waals surface area contributed by atoms with E-state index in [1.807, 2.05) is 19.0 Å². The number of Topliss-reactive ketones (excluding diaryl/α,β-unsaturated/α-hetero) is 2. The van der Waals surface area contributed by atoms with E-state index >= 15 is 8.78 Å². The summed E-state index contributed by atoms with van der Waals surface area (Å²) in [6.07, 6.45) is 7.85. The molecule has 3 unspecified atom stereocenters. The van der Waals surface area contributed by atoms with Gasteiger partial charge in [-0.25, -0.2) is 18.4 Å². The van der Waals surface area contributed by atoms with E-state index in [0.29, 0.717) is 153 Å². The van der Waals surface area contributed by atoms with E-state index in [1.54, 1.807) is 45.0 Å². The Hall–Kier alpha value is -10.0. The second-order valence-electron chi connectivity index (χ2n) is 40.9. The molecule has 17 N–H and O–H groups in total. The first-order chi connectivity index (χ1) is 71.6. The molecule has 149 heavy (non-hydrogen) atoms. The summed E-state index contributed by atoms with van der Waals surface area (Å²) >= 11 is 0. The summed E-state index contributed by atoms with van der Waals surface area (Å²) in [4.78, 5) is 148. The van der Waals surface area contributed by atoms with Crippen molar-refractivity contribution in [2.45, 2.75) is 249 Å². The zero-order valence-electron chi connectivity index (χ0n) is 88.4. The van der Waals surface area contributed by atoms with Crippen molar-refractivity contribution < 1.29 is 137 Å². The number of ketones is 3. The standard InChI is InChI=1S/C105H164F2N16O26/c1-10-20-94-148-89-64-77-78-63-80(106)79-62-75(124)35-38-102(79,4)104(78,107)87(126)65-103(77,5)105(89,149-94)88(127)67-144-76-33-31-74(32-34-76)116-101(135)147-66-71-27-29-73(30-28-71)115-98(132)72(21-19-40-114-100(108)134)61-84(125)95(70(2)3)118-99(133)82(117-91(129)37-46-137-50-54-141-58-60-143-56-52-139-48-43-113-93(131)69-146-86-26-16-12-14-24-83-97(86)120-121-122(83)6)23-17-18-39-111-92(130)68-145-85-25-15-11-13-22-81(96(85)119-109)110-42-47-138-51-55-142-59-57-140-53-49-136-45-36-90(128)112-41-44-123(7,8)9/h27-35,38,62,70,72,77-78,80,82,85-87,89,94-95,110,119-121,126H,10-26,36-37,39-61,63-69,109H2,1-9H3,(H9-,108,111,112,113,114,115,116,117,118,128,129,130,131,132,133,134,135)/p+1/t72-,77+,78+,80+,82-,85?,86?,87+,89-,94?,95+,102+,103+,104+,105-/m1/s1. The molecule has 0 radical (unpaired) electrons. The fourth-order valence-electron chi connectivity index (χ4n) is 20.8. The average molecular weight is 2110 g/mol. The Bertz CT molecular complexity index is 4750. The number of hydrazine groups is 3. The van der Waals surface area contributed by atoms with Crippen LogP contribution in [0, 0.1) is 34.5 Å². The van der Waals surface area contributed by atoms with Gasteiger partial charge in [0.2, 0.25) is 41.2 Å². The number of benzene rings is 2. The zero-order chi connectivity index (χ0) is 107. The fourth-order valence-corrected chi connectivity index (χ4v) is 20.8. The topological polar surface area (TPSA) is 537 Å². The Morgan fingerprint density at radius 3 is 1.85 bits per heavy atom. The lowest BCUT2D eigenvalue weighted by atomic mass is 9.44. The van der Waals surface area contributed by atoms with Gasteiger partial charge in [-0.1, -0.05) is 78.0 Å². The minimum Gasteiger partial charge on any atom is -0.486 e. The molecule has 15 atom stereocenters. The number of ether oxygens (including phenoxy) is 14. The highest BCUT2D eigenvalue weighted by Crippen LogP contribution is 2.72. The summed E-state index contributed by atoms with van der Waals surface area (Å²) in [6.45, 7) is 14.9. The molecule has 44 heteroatoms. The van der Waals surface area contributed by atoms with E-state index in [0.717, 1.165) is 85.6 Å². The molecular formula is C105H165F2N16O26+. The predicted molar refractivity (Wildman–Crippen MR) is 546 cm³/mol. The van der Waals surface area contributed by atoms with Gasteiger partial charge in [0, 0.05) is 92.2 Å². The Morgan fingerprint density at radius 2 is 1.22 bits per heavy atom. The lowest BCUT2D eigenvalue weighted by Gasteiger charge is -2.63. The van der Waals surface area contributed by atoms with Crippen LogP contribution in [0.1, 0.15) is 188 Å². The number of anilines is 2. The molecule has 1 saturated heterocycles. The summed E-state index contributed by atoms with van der Waals surface area (Å²) < 4.78 is 117. The zero-order valence-corrected chi connectivity index (χ0v) is 88.4. The monoisotopic (exact) mass is 2100 g/mol. The van der Waals surface area contributed by atoms with Crippen LogP contribution in [0.3, 0.4) is 0 Å². The quantitative estimate of drug-likeness (QED) is 0.0146. The number of nitrogens with one attached hydrogen (secondary N) is 12. The van der Waals surface area contributed by atoms with Crippen LogP contribution in [0.5, 0.6) is 5.75 Å². The SMILES string of the molecule is CCCC1O[C@@H]2C[C@H]3[C@@H]4C[C@H](F)C5=CC(=O)C=C[C@]5(C)[C@@]4(F)[C@@H](O)C[C@]3(C)[C@]2(C(=O)COc2ccc(NC(=O)OCc3ccc(NC(=O)[C@H](CCCNC(N)=O)CC(=O)[C@@H](NC(=O)[C@@H](CCCCNC(=O)COC4CCCCCC(NCCOCCOCCOCCOCCC(=O)NCC[N+](C)(C)C)=C4NN)NC(=O)CCOCCOCCOCCOCCNC(=O)COC4CCCCCC5=C4NNN5C)C(C)C)cc3)cc2)O1. The third-order valence-electron chi connectivity index (χ3n) is 28.7. The number of urea groups is 1. The Morgan fingerprint density at radius 1 is 0.638 bits per heavy atom. The molecular weight excluding hydrogens is 1940 g/mol. The molecule has 0 aromatic heterocycles. The van der Waals surface area contributed by atoms with Crippen molar-refractivity contribution in [3.63, 3.8) is 0 Å². The maximum absolute atomic E-state index is 18.1. The number of primary amides is 1. The number of likely N-dealkylation sites (N-methyl/N-ethyl adjacent to an activating group) is 1. The number of amides is 9. The third kappa shape index (κ3) is 36.6. The largest absolute Gasteiger partial charge is 0.486 e. The number of carbonyl (C=O) groups is 11. The van der Waals surface area contributed by atoms with Gasteiger partial charge in [0.15, 0.2) is 29.1 Å². The third-order valence-corrected chi connectivity index (χ3v) is 28.7. The number of alkyl halides is 2. The van der Waals surface area contributed by atoms with Crippen molar-refractivity contribution in [3.05, 3.63) is 101 Å². The van der Waals surface area contributed by atoms with Crippen LogP contribution < -0.4 is 80.6 Å². The molecule has 3 saturated carbocycles. The average Bonchev–Trinajstić information content (AvgIpc) is 1.47. The van der Waals surface area contributed by atoms with Crippen molar-refractivity contribution >= 4 is 76.3 Å². The Balaban J connectivity index is 0.664. The number of quaternary nitrogens is 1. The summed E-state index contributed by atoms with van der Waals surface area (Å²) in [6, 6.07) is 9.47. The predicted octanol–water partition coefficient (Wildman–Crippen LogP) is 6.45. The van der Waals surface area contributed by atoms with E-state index in [1.165, 1.54) is 43.3 Å². The number of aliphatic hydroxyl groups is 1. The van der Waals surface area contributed by atoms with Gasteiger partial charge in [-0.3, -0.25) is 59.3 Å². The molecule has 6 aliphatic carbocycles. The van der Waals surface area contributed by atoms with Crippen molar-refractivity contribution in [2.75, 3.05) is 204 Å². The number of halogens is 2. The number of aliphatic hydroxyl groups excluding tert-OH is 1. The summed E-state index contributed by atoms with van der Waals surface area (Å²) in [5.74, 6) is -0.683.